The number of benzene rings is 1. The number of hydrogen-bond donors (Lipinski definition) is 0. The van der Waals surface area contributed by atoms with Crippen LogP contribution in [0.25, 0.3) is 0 Å². The van der Waals surface area contributed by atoms with Crippen molar-refractivity contribution in [3.05, 3.63) is 59.7 Å². The summed E-state index contributed by atoms with van der Waals surface area (Å²) in [7, 11) is 0. The Balaban J connectivity index is 1.77. The van der Waals surface area contributed by atoms with Gasteiger partial charge in [-0.2, -0.15) is 0 Å². The van der Waals surface area contributed by atoms with Gasteiger partial charge in [-0.05, 0) is 36.8 Å². The van der Waals surface area contributed by atoms with Gasteiger partial charge in [-0.1, -0.05) is 68.3 Å². The standard InChI is InChI=1S/C19H24O/c1-2-3-11-18-15-17(14-16-9-5-4-6-10-16)19(20-18)12-7-8-13-19/h4-10,15,18H,2-3,11-14H2,1H3. The highest BCUT2D eigenvalue weighted by Crippen LogP contribution is 2.43. The predicted molar refractivity (Wildman–Crippen MR) is 83.7 cm³/mol. The molecule has 0 bridgehead atoms. The topological polar surface area (TPSA) is 9.23 Å². The molecule has 20 heavy (non-hydrogen) atoms. The second-order valence-corrected chi connectivity index (χ2v) is 6.03. The van der Waals surface area contributed by atoms with E-state index in [-0.39, 0.29) is 5.60 Å². The Labute approximate surface area is 122 Å². The molecule has 0 saturated heterocycles. The highest BCUT2D eigenvalue weighted by Gasteiger charge is 2.42. The minimum absolute atomic E-state index is 0.0196. The van der Waals surface area contributed by atoms with Crippen molar-refractivity contribution in [1.82, 2.24) is 0 Å². The van der Waals surface area contributed by atoms with Gasteiger partial charge < -0.3 is 4.74 Å². The number of ether oxygens (including phenoxy) is 1. The van der Waals surface area contributed by atoms with E-state index in [9.17, 15) is 0 Å². The molecule has 106 valence electrons. The van der Waals surface area contributed by atoms with Crippen LogP contribution in [0.3, 0.4) is 0 Å². The van der Waals surface area contributed by atoms with Gasteiger partial charge in [0.15, 0.2) is 0 Å². The summed E-state index contributed by atoms with van der Waals surface area (Å²) in [5.41, 5.74) is 2.87. The third kappa shape index (κ3) is 2.73. The molecule has 1 spiro atoms. The molecule has 2 aliphatic rings. The number of unbranched alkanes of at least 4 members (excludes halogenated alkanes) is 1. The molecular weight excluding hydrogens is 244 g/mol. The first-order valence-corrected chi connectivity index (χ1v) is 7.90. The zero-order valence-corrected chi connectivity index (χ0v) is 12.3. The SMILES string of the molecule is CCCCC1C=C(Cc2ccccc2)C2(CC=CC2)O1. The van der Waals surface area contributed by atoms with Gasteiger partial charge in [-0.15, -0.1) is 0 Å². The quantitative estimate of drug-likeness (QED) is 0.695. The maximum Gasteiger partial charge on any atom is 0.0972 e. The summed E-state index contributed by atoms with van der Waals surface area (Å²) in [5, 5.41) is 0. The molecule has 1 aliphatic carbocycles. The first kappa shape index (κ1) is 13.6. The second-order valence-electron chi connectivity index (χ2n) is 6.03. The molecule has 1 aromatic carbocycles. The normalized spacial score (nSPS) is 23.4. The van der Waals surface area contributed by atoms with Crippen LogP contribution >= 0.6 is 0 Å². The highest BCUT2D eigenvalue weighted by molar-refractivity contribution is 5.35. The van der Waals surface area contributed by atoms with Crippen LogP contribution < -0.4 is 0 Å². The molecule has 1 atom stereocenters. The monoisotopic (exact) mass is 268 g/mol. The van der Waals surface area contributed by atoms with Crippen LogP contribution in [0.1, 0.15) is 44.6 Å². The number of hydrogen-bond acceptors (Lipinski definition) is 1. The molecule has 0 radical (unpaired) electrons. The first-order chi connectivity index (χ1) is 9.82. The Morgan fingerprint density at radius 1 is 1.15 bits per heavy atom. The van der Waals surface area contributed by atoms with E-state index in [0.717, 1.165) is 25.7 Å². The van der Waals surface area contributed by atoms with Gasteiger partial charge in [0, 0.05) is 0 Å². The lowest BCUT2D eigenvalue weighted by Gasteiger charge is -2.28. The maximum absolute atomic E-state index is 6.44. The molecule has 3 rings (SSSR count). The fraction of sp³-hybridized carbons (Fsp3) is 0.474. The van der Waals surface area contributed by atoms with Crippen molar-refractivity contribution in [2.75, 3.05) is 0 Å². The molecule has 1 aliphatic heterocycles. The lowest BCUT2D eigenvalue weighted by Crippen LogP contribution is -2.30. The summed E-state index contributed by atoms with van der Waals surface area (Å²) in [4.78, 5) is 0. The summed E-state index contributed by atoms with van der Waals surface area (Å²) in [5.74, 6) is 0. The van der Waals surface area contributed by atoms with Crippen molar-refractivity contribution < 1.29 is 4.74 Å². The third-order valence-electron chi connectivity index (χ3n) is 4.49. The van der Waals surface area contributed by atoms with Gasteiger partial charge in [-0.3, -0.25) is 0 Å². The van der Waals surface area contributed by atoms with E-state index in [1.807, 2.05) is 0 Å². The van der Waals surface area contributed by atoms with Crippen molar-refractivity contribution >= 4 is 0 Å². The molecule has 0 saturated carbocycles. The van der Waals surface area contributed by atoms with E-state index in [1.54, 1.807) is 0 Å². The molecule has 0 aromatic heterocycles. The zero-order chi connectivity index (χ0) is 13.8. The van der Waals surface area contributed by atoms with Crippen molar-refractivity contribution in [2.45, 2.75) is 57.2 Å². The third-order valence-corrected chi connectivity index (χ3v) is 4.49. The van der Waals surface area contributed by atoms with Crippen molar-refractivity contribution in [3.8, 4) is 0 Å². The van der Waals surface area contributed by atoms with E-state index >= 15 is 0 Å². The van der Waals surface area contributed by atoms with Gasteiger partial charge in [-0.25, -0.2) is 0 Å². The molecule has 0 fully saturated rings. The maximum atomic E-state index is 6.44. The van der Waals surface area contributed by atoms with E-state index in [0.29, 0.717) is 6.10 Å². The molecule has 1 heteroatoms. The zero-order valence-electron chi connectivity index (χ0n) is 12.3. The van der Waals surface area contributed by atoms with Crippen LogP contribution in [-0.2, 0) is 11.2 Å². The molecule has 0 amide bonds. The smallest absolute Gasteiger partial charge is 0.0972 e. The van der Waals surface area contributed by atoms with Crippen molar-refractivity contribution in [2.24, 2.45) is 0 Å². The Bertz CT molecular complexity index is 490. The molecule has 1 nitrogen and oxygen atoms in total. The molecule has 1 heterocycles. The van der Waals surface area contributed by atoms with Crippen LogP contribution in [0.4, 0.5) is 0 Å². The Morgan fingerprint density at radius 3 is 2.60 bits per heavy atom. The fourth-order valence-corrected chi connectivity index (χ4v) is 3.35. The van der Waals surface area contributed by atoms with Crippen molar-refractivity contribution in [3.63, 3.8) is 0 Å². The molecular formula is C19H24O. The first-order valence-electron chi connectivity index (χ1n) is 7.90. The summed E-state index contributed by atoms with van der Waals surface area (Å²) in [6, 6.07) is 10.8. The van der Waals surface area contributed by atoms with Gasteiger partial charge >= 0.3 is 0 Å². The Morgan fingerprint density at radius 2 is 1.90 bits per heavy atom. The lowest BCUT2D eigenvalue weighted by molar-refractivity contribution is -0.0252. The van der Waals surface area contributed by atoms with Crippen LogP contribution in [0, 0.1) is 0 Å². The van der Waals surface area contributed by atoms with Crippen LogP contribution in [0.15, 0.2) is 54.1 Å². The second kappa shape index (κ2) is 5.97. The fourth-order valence-electron chi connectivity index (χ4n) is 3.35. The lowest BCUT2D eigenvalue weighted by atomic mass is 9.87. The van der Waals surface area contributed by atoms with Gasteiger partial charge in [0.2, 0.25) is 0 Å². The molecule has 1 aromatic rings. The van der Waals surface area contributed by atoms with Crippen LogP contribution in [0.2, 0.25) is 0 Å². The summed E-state index contributed by atoms with van der Waals surface area (Å²) < 4.78 is 6.44. The largest absolute Gasteiger partial charge is 0.363 e. The van der Waals surface area contributed by atoms with E-state index in [1.165, 1.54) is 24.0 Å². The van der Waals surface area contributed by atoms with E-state index in [2.05, 4.69) is 55.5 Å². The minimum Gasteiger partial charge on any atom is -0.363 e. The van der Waals surface area contributed by atoms with Crippen LogP contribution in [-0.4, -0.2) is 11.7 Å². The highest BCUT2D eigenvalue weighted by atomic mass is 16.5. The summed E-state index contributed by atoms with van der Waals surface area (Å²) in [6.07, 6.45) is 14.1. The van der Waals surface area contributed by atoms with E-state index < -0.39 is 0 Å². The minimum atomic E-state index is -0.0196. The van der Waals surface area contributed by atoms with Gasteiger partial charge in [0.1, 0.15) is 0 Å². The average molecular weight is 268 g/mol. The summed E-state index contributed by atoms with van der Waals surface area (Å²) >= 11 is 0. The molecule has 1 unspecified atom stereocenters. The number of rotatable bonds is 5. The Kier molecular flexibility index (Phi) is 4.07. The predicted octanol–water partition coefficient (Wildman–Crippen LogP) is 4.83. The Hall–Kier alpha value is -1.34. The van der Waals surface area contributed by atoms with Gasteiger partial charge in [0.05, 0.1) is 11.7 Å². The van der Waals surface area contributed by atoms with Gasteiger partial charge in [0.25, 0.3) is 0 Å². The van der Waals surface area contributed by atoms with Crippen LogP contribution in [0.5, 0.6) is 0 Å². The molecule has 0 N–H and O–H groups in total. The average Bonchev–Trinajstić information content (AvgIpc) is 3.07. The summed E-state index contributed by atoms with van der Waals surface area (Å²) in [6.45, 7) is 2.25. The van der Waals surface area contributed by atoms with Crippen molar-refractivity contribution in [1.29, 1.82) is 0 Å². The van der Waals surface area contributed by atoms with E-state index in [4.69, 9.17) is 4.74 Å².